The number of amides is 3. The number of imide groups is 1. The van der Waals surface area contributed by atoms with E-state index in [1.54, 1.807) is 31.4 Å². The highest BCUT2D eigenvalue weighted by atomic mass is 16.5. The number of fused-ring (bicyclic) bond motifs is 2. The van der Waals surface area contributed by atoms with Gasteiger partial charge in [0.25, 0.3) is 11.5 Å². The van der Waals surface area contributed by atoms with Gasteiger partial charge in [0.05, 0.1) is 32.3 Å². The Morgan fingerprint density at radius 1 is 0.875 bits per heavy atom. The lowest BCUT2D eigenvalue weighted by Gasteiger charge is -2.33. The summed E-state index contributed by atoms with van der Waals surface area (Å²) >= 11 is 0. The van der Waals surface area contributed by atoms with Crippen molar-refractivity contribution in [1.82, 2.24) is 25.1 Å². The van der Waals surface area contributed by atoms with Crippen LogP contribution in [-0.2, 0) is 22.7 Å². The maximum absolute atomic E-state index is 13.4. The second-order valence-electron chi connectivity index (χ2n) is 12.5. The van der Waals surface area contributed by atoms with Gasteiger partial charge in [-0.25, -0.2) is 4.98 Å². The molecule has 1 atom stereocenters. The quantitative estimate of drug-likeness (QED) is 0.272. The molecule has 2 N–H and O–H groups in total. The molecule has 0 radical (unpaired) electrons. The van der Waals surface area contributed by atoms with Crippen molar-refractivity contribution in [1.29, 1.82) is 0 Å². The number of nitrogens with zero attached hydrogens (tertiary/aromatic N) is 3. The van der Waals surface area contributed by atoms with E-state index in [4.69, 9.17) is 14.2 Å². The van der Waals surface area contributed by atoms with Crippen LogP contribution in [0.1, 0.15) is 58.6 Å². The summed E-state index contributed by atoms with van der Waals surface area (Å²) in [5.41, 5.74) is 5.02. The largest absolute Gasteiger partial charge is 0.496 e. The molecule has 3 aliphatic rings. The molecule has 4 aromatic rings. The molecule has 0 bridgehead atoms. The van der Waals surface area contributed by atoms with E-state index in [1.807, 2.05) is 24.3 Å². The van der Waals surface area contributed by atoms with Crippen LogP contribution >= 0.6 is 0 Å². The zero-order chi connectivity index (χ0) is 33.5. The van der Waals surface area contributed by atoms with Crippen molar-refractivity contribution >= 4 is 28.5 Å². The SMILES string of the molecule is COc1cc2c(-c3cc(OC)c(CN4CCC(c5ccc6c(c5)C(=O)N(C5CCC(=O)NC5=O)C6)CC4)c(OC)c3)c[nH]c(=O)c2cn1. The summed E-state index contributed by atoms with van der Waals surface area (Å²) in [5, 5.41) is 3.53. The number of likely N-dealkylation sites (tertiary alicyclic amines) is 1. The topological polar surface area (TPSA) is 143 Å². The molecule has 12 heteroatoms. The first-order valence-electron chi connectivity index (χ1n) is 16.1. The summed E-state index contributed by atoms with van der Waals surface area (Å²) < 4.78 is 17.1. The van der Waals surface area contributed by atoms with E-state index in [1.165, 1.54) is 13.3 Å². The van der Waals surface area contributed by atoms with Crippen molar-refractivity contribution in [2.45, 2.75) is 50.7 Å². The third-order valence-electron chi connectivity index (χ3n) is 9.88. The molecule has 48 heavy (non-hydrogen) atoms. The Morgan fingerprint density at radius 3 is 2.31 bits per heavy atom. The Balaban J connectivity index is 1.06. The minimum Gasteiger partial charge on any atom is -0.496 e. The van der Waals surface area contributed by atoms with Gasteiger partial charge in [0.2, 0.25) is 17.7 Å². The Labute approximate surface area is 277 Å². The number of pyridine rings is 2. The van der Waals surface area contributed by atoms with Crippen LogP contribution in [0.15, 0.2) is 53.6 Å². The number of aromatic nitrogens is 2. The van der Waals surface area contributed by atoms with Crippen molar-refractivity contribution in [3.05, 3.63) is 81.4 Å². The van der Waals surface area contributed by atoms with Crippen molar-refractivity contribution in [3.63, 3.8) is 0 Å². The van der Waals surface area contributed by atoms with Crippen LogP contribution in [0.25, 0.3) is 21.9 Å². The van der Waals surface area contributed by atoms with Crippen molar-refractivity contribution in [2.24, 2.45) is 0 Å². The fourth-order valence-electron chi connectivity index (χ4n) is 7.25. The molecule has 2 fully saturated rings. The lowest BCUT2D eigenvalue weighted by atomic mass is 9.87. The van der Waals surface area contributed by atoms with Crippen LogP contribution in [0.4, 0.5) is 0 Å². The first kappa shape index (κ1) is 31.4. The zero-order valence-corrected chi connectivity index (χ0v) is 27.1. The van der Waals surface area contributed by atoms with Crippen LogP contribution in [0, 0.1) is 0 Å². The fourth-order valence-corrected chi connectivity index (χ4v) is 7.25. The molecule has 12 nitrogen and oxygen atoms in total. The summed E-state index contributed by atoms with van der Waals surface area (Å²) in [4.78, 5) is 60.9. The van der Waals surface area contributed by atoms with Gasteiger partial charge >= 0.3 is 0 Å². The monoisotopic (exact) mass is 651 g/mol. The van der Waals surface area contributed by atoms with Gasteiger partial charge in [-0.05, 0) is 73.2 Å². The number of benzene rings is 2. The number of H-pyrrole nitrogens is 1. The number of hydrogen-bond acceptors (Lipinski definition) is 9. The second kappa shape index (κ2) is 12.8. The number of methoxy groups -OCH3 is 3. The van der Waals surface area contributed by atoms with Gasteiger partial charge in [-0.2, -0.15) is 0 Å². The molecule has 3 aliphatic heterocycles. The van der Waals surface area contributed by atoms with Crippen LogP contribution in [0.5, 0.6) is 17.4 Å². The zero-order valence-electron chi connectivity index (χ0n) is 27.1. The van der Waals surface area contributed by atoms with Gasteiger partial charge in [-0.15, -0.1) is 0 Å². The number of hydrogen-bond donors (Lipinski definition) is 2. The highest BCUT2D eigenvalue weighted by Crippen LogP contribution is 2.39. The molecule has 0 spiro atoms. The van der Waals surface area contributed by atoms with E-state index in [2.05, 4.69) is 26.3 Å². The van der Waals surface area contributed by atoms with Crippen molar-refractivity contribution in [3.8, 4) is 28.5 Å². The van der Waals surface area contributed by atoms with E-state index in [-0.39, 0.29) is 23.8 Å². The molecule has 1 unspecified atom stereocenters. The van der Waals surface area contributed by atoms with E-state index < -0.39 is 11.9 Å². The Morgan fingerprint density at radius 2 is 1.62 bits per heavy atom. The molecule has 2 aromatic carbocycles. The minimum atomic E-state index is -0.616. The molecule has 2 saturated heterocycles. The number of aromatic amines is 1. The summed E-state index contributed by atoms with van der Waals surface area (Å²) in [6, 6.07) is 11.2. The third-order valence-corrected chi connectivity index (χ3v) is 9.88. The Bertz CT molecular complexity index is 1970. The molecule has 3 amide bonds. The molecule has 0 aliphatic carbocycles. The lowest BCUT2D eigenvalue weighted by Crippen LogP contribution is -2.52. The van der Waals surface area contributed by atoms with Gasteiger partial charge in [-0.3, -0.25) is 29.4 Å². The minimum absolute atomic E-state index is 0.146. The standard InChI is InChI=1S/C36H37N5O7/c1-46-30-13-23(26-16-38-34(43)27-17-37-33(48-3)15-25(26)27)14-31(47-2)28(30)19-40-10-8-20(9-11-40)21-4-5-22-18-41(36(45)24(22)12-21)29-6-7-32(42)39-35(29)44/h4-5,12-17,20,29H,6-11,18-19H2,1-3H3,(H,38,43)(H,39,42,44). The molecular weight excluding hydrogens is 614 g/mol. The predicted molar refractivity (Wildman–Crippen MR) is 177 cm³/mol. The second-order valence-corrected chi connectivity index (χ2v) is 12.5. The third kappa shape index (κ3) is 5.66. The van der Waals surface area contributed by atoms with Gasteiger partial charge in [0.1, 0.15) is 17.5 Å². The Kier molecular flexibility index (Phi) is 8.34. The number of ether oxygens (including phenoxy) is 3. The fraction of sp³-hybridized carbons (Fsp3) is 0.361. The number of carbonyl (C=O) groups excluding carboxylic acids is 3. The number of nitrogens with one attached hydrogen (secondary N) is 2. The Hall–Kier alpha value is -5.23. The highest BCUT2D eigenvalue weighted by molar-refractivity contribution is 6.05. The predicted octanol–water partition coefficient (Wildman–Crippen LogP) is 3.76. The summed E-state index contributed by atoms with van der Waals surface area (Å²) in [5.74, 6) is 1.25. The van der Waals surface area contributed by atoms with Crippen LogP contribution in [0.3, 0.4) is 0 Å². The molecule has 2 aromatic heterocycles. The van der Waals surface area contributed by atoms with Gasteiger partial charge < -0.3 is 24.1 Å². The average molecular weight is 652 g/mol. The first-order chi connectivity index (χ1) is 23.3. The van der Waals surface area contributed by atoms with Crippen LogP contribution in [-0.4, -0.2) is 78.0 Å². The van der Waals surface area contributed by atoms with E-state index in [0.29, 0.717) is 59.1 Å². The molecule has 5 heterocycles. The van der Waals surface area contributed by atoms with Crippen molar-refractivity contribution < 1.29 is 28.6 Å². The highest BCUT2D eigenvalue weighted by Gasteiger charge is 2.39. The smallest absolute Gasteiger partial charge is 0.257 e. The summed E-state index contributed by atoms with van der Waals surface area (Å²) in [7, 11) is 4.82. The van der Waals surface area contributed by atoms with Gasteiger partial charge in [0.15, 0.2) is 0 Å². The molecule has 7 rings (SSSR count). The van der Waals surface area contributed by atoms with E-state index in [0.717, 1.165) is 53.7 Å². The number of rotatable bonds is 8. The maximum atomic E-state index is 13.4. The van der Waals surface area contributed by atoms with Gasteiger partial charge in [0, 0.05) is 54.5 Å². The maximum Gasteiger partial charge on any atom is 0.257 e. The van der Waals surface area contributed by atoms with Gasteiger partial charge in [-0.1, -0.05) is 12.1 Å². The first-order valence-corrected chi connectivity index (χ1v) is 16.1. The average Bonchev–Trinajstić information content (AvgIpc) is 3.43. The molecular formula is C36H37N5O7. The molecule has 0 saturated carbocycles. The lowest BCUT2D eigenvalue weighted by molar-refractivity contribution is -0.136. The summed E-state index contributed by atoms with van der Waals surface area (Å²) in [6.07, 6.45) is 5.63. The van der Waals surface area contributed by atoms with E-state index in [9.17, 15) is 19.2 Å². The van der Waals surface area contributed by atoms with E-state index >= 15 is 0 Å². The van der Waals surface area contributed by atoms with Crippen LogP contribution in [0.2, 0.25) is 0 Å². The normalized spacial score (nSPS) is 18.6. The number of carbonyl (C=O) groups is 3. The molecule has 248 valence electrons. The van der Waals surface area contributed by atoms with Crippen molar-refractivity contribution in [2.75, 3.05) is 34.4 Å². The number of piperidine rings is 2. The van der Waals surface area contributed by atoms with Crippen LogP contribution < -0.4 is 25.1 Å². The summed E-state index contributed by atoms with van der Waals surface area (Å²) in [6.45, 7) is 2.71.